The third-order valence-corrected chi connectivity index (χ3v) is 5.28. The van der Waals surface area contributed by atoms with Crippen molar-refractivity contribution in [2.75, 3.05) is 5.32 Å². The Bertz CT molecular complexity index is 1030. The molecule has 1 heterocycles. The van der Waals surface area contributed by atoms with E-state index >= 15 is 0 Å². The second-order valence-electron chi connectivity index (χ2n) is 5.99. The molecule has 0 saturated heterocycles. The highest BCUT2D eigenvalue weighted by atomic mass is 32.2. The molecule has 1 aromatic heterocycles. The lowest BCUT2D eigenvalue weighted by Gasteiger charge is -2.09. The van der Waals surface area contributed by atoms with Gasteiger partial charge in [0.2, 0.25) is 10.0 Å². The Balaban J connectivity index is 1.73. The lowest BCUT2D eigenvalue weighted by atomic mass is 10.2. The highest BCUT2D eigenvalue weighted by Gasteiger charge is 2.16. The summed E-state index contributed by atoms with van der Waals surface area (Å²) < 4.78 is 27.5. The number of sulfonamides is 1. The van der Waals surface area contributed by atoms with Gasteiger partial charge in [-0.25, -0.2) is 13.1 Å². The van der Waals surface area contributed by atoms with E-state index in [0.29, 0.717) is 11.4 Å². The average molecular weight is 381 g/mol. The lowest BCUT2D eigenvalue weighted by Crippen LogP contribution is -2.24. The maximum atomic E-state index is 12.5. The Labute approximate surface area is 158 Å². The first-order chi connectivity index (χ1) is 12.9. The number of hydrogen-bond donors (Lipinski definition) is 2. The van der Waals surface area contributed by atoms with Gasteiger partial charge >= 0.3 is 0 Å². The smallest absolute Gasteiger partial charge is 0.255 e. The Morgan fingerprint density at radius 3 is 2.48 bits per heavy atom. The molecule has 3 aromatic rings. The minimum atomic E-state index is -3.76. The summed E-state index contributed by atoms with van der Waals surface area (Å²) in [6.07, 6.45) is 1.60. The van der Waals surface area contributed by atoms with Crippen molar-refractivity contribution in [3.8, 4) is 0 Å². The van der Waals surface area contributed by atoms with Crippen molar-refractivity contribution < 1.29 is 13.2 Å². The molecule has 0 aliphatic rings. The number of nitrogens with one attached hydrogen (secondary N) is 2. The van der Waals surface area contributed by atoms with E-state index in [2.05, 4.69) is 15.0 Å². The zero-order chi connectivity index (χ0) is 19.3. The number of pyridine rings is 1. The SMILES string of the molecule is Cc1ccc(NC(=O)c2cccc(S(=O)(=O)NCc3ccccn3)c2)cc1. The molecule has 0 radical (unpaired) electrons. The van der Waals surface area contributed by atoms with Crippen LogP contribution in [0.3, 0.4) is 0 Å². The molecule has 0 spiro atoms. The van der Waals surface area contributed by atoms with Gasteiger partial charge in [-0.15, -0.1) is 0 Å². The van der Waals surface area contributed by atoms with Gasteiger partial charge in [0.05, 0.1) is 17.1 Å². The molecule has 0 bridgehead atoms. The van der Waals surface area contributed by atoms with Gasteiger partial charge in [-0.3, -0.25) is 9.78 Å². The van der Waals surface area contributed by atoms with Crippen LogP contribution < -0.4 is 10.0 Å². The number of amides is 1. The fourth-order valence-electron chi connectivity index (χ4n) is 2.40. The summed E-state index contributed by atoms with van der Waals surface area (Å²) in [6.45, 7) is 2.03. The monoisotopic (exact) mass is 381 g/mol. The summed E-state index contributed by atoms with van der Waals surface area (Å²) in [7, 11) is -3.76. The molecule has 3 rings (SSSR count). The van der Waals surface area contributed by atoms with E-state index < -0.39 is 10.0 Å². The molecular weight excluding hydrogens is 362 g/mol. The van der Waals surface area contributed by atoms with E-state index in [1.165, 1.54) is 12.1 Å². The molecule has 6 nitrogen and oxygen atoms in total. The van der Waals surface area contributed by atoms with E-state index in [1.54, 1.807) is 48.7 Å². The molecule has 7 heteroatoms. The zero-order valence-electron chi connectivity index (χ0n) is 14.7. The average Bonchev–Trinajstić information content (AvgIpc) is 2.69. The highest BCUT2D eigenvalue weighted by Crippen LogP contribution is 2.15. The van der Waals surface area contributed by atoms with Crippen LogP contribution in [0.4, 0.5) is 5.69 Å². The van der Waals surface area contributed by atoms with Crippen LogP contribution in [0.5, 0.6) is 0 Å². The van der Waals surface area contributed by atoms with E-state index in [-0.39, 0.29) is 22.9 Å². The topological polar surface area (TPSA) is 88.2 Å². The molecule has 27 heavy (non-hydrogen) atoms. The number of hydrogen-bond acceptors (Lipinski definition) is 4. The minimum Gasteiger partial charge on any atom is -0.322 e. The van der Waals surface area contributed by atoms with Gasteiger partial charge in [0, 0.05) is 17.4 Å². The number of carbonyl (C=O) groups is 1. The third kappa shape index (κ3) is 4.99. The number of aryl methyl sites for hydroxylation is 1. The van der Waals surface area contributed by atoms with Crippen LogP contribution in [-0.2, 0) is 16.6 Å². The predicted molar refractivity (Wildman–Crippen MR) is 104 cm³/mol. The molecule has 0 atom stereocenters. The first-order valence-corrected chi connectivity index (χ1v) is 9.80. The Morgan fingerprint density at radius 2 is 1.78 bits per heavy atom. The molecule has 0 fully saturated rings. The van der Waals surface area contributed by atoms with Crippen molar-refractivity contribution >= 4 is 21.6 Å². The molecule has 0 aliphatic carbocycles. The van der Waals surface area contributed by atoms with Gasteiger partial charge in [0.1, 0.15) is 0 Å². The summed E-state index contributed by atoms with van der Waals surface area (Å²) in [5.74, 6) is -0.374. The molecule has 2 aromatic carbocycles. The maximum absolute atomic E-state index is 12.5. The second-order valence-corrected chi connectivity index (χ2v) is 7.76. The van der Waals surface area contributed by atoms with Gasteiger partial charge in [0.15, 0.2) is 0 Å². The Morgan fingerprint density at radius 1 is 1.00 bits per heavy atom. The number of aromatic nitrogens is 1. The Hall–Kier alpha value is -3.03. The van der Waals surface area contributed by atoms with Crippen LogP contribution in [0.15, 0.2) is 77.8 Å². The molecule has 2 N–H and O–H groups in total. The summed E-state index contributed by atoms with van der Waals surface area (Å²) in [5, 5.41) is 2.76. The molecular formula is C20H19N3O3S. The normalized spacial score (nSPS) is 11.1. The van der Waals surface area contributed by atoms with Crippen molar-refractivity contribution in [2.24, 2.45) is 0 Å². The fraction of sp³-hybridized carbons (Fsp3) is 0.100. The largest absolute Gasteiger partial charge is 0.322 e. The van der Waals surface area contributed by atoms with Gasteiger partial charge in [0.25, 0.3) is 5.91 Å². The molecule has 0 saturated carbocycles. The lowest BCUT2D eigenvalue weighted by molar-refractivity contribution is 0.102. The van der Waals surface area contributed by atoms with Crippen LogP contribution >= 0.6 is 0 Å². The van der Waals surface area contributed by atoms with Crippen LogP contribution in [0.1, 0.15) is 21.6 Å². The fourth-order valence-corrected chi connectivity index (χ4v) is 3.44. The van der Waals surface area contributed by atoms with Crippen molar-refractivity contribution in [1.29, 1.82) is 0 Å². The highest BCUT2D eigenvalue weighted by molar-refractivity contribution is 7.89. The molecule has 0 aliphatic heterocycles. The molecule has 138 valence electrons. The van der Waals surface area contributed by atoms with E-state index in [9.17, 15) is 13.2 Å². The standard InChI is InChI=1S/C20H19N3O3S/c1-15-8-10-17(11-9-15)23-20(24)16-5-4-7-19(13-16)27(25,26)22-14-18-6-2-3-12-21-18/h2-13,22H,14H2,1H3,(H,23,24). The number of carbonyl (C=O) groups excluding carboxylic acids is 1. The minimum absolute atomic E-state index is 0.0231. The first-order valence-electron chi connectivity index (χ1n) is 8.32. The van der Waals surface area contributed by atoms with Crippen molar-refractivity contribution in [3.05, 3.63) is 89.7 Å². The van der Waals surface area contributed by atoms with Crippen molar-refractivity contribution in [2.45, 2.75) is 18.4 Å². The molecule has 1 amide bonds. The van der Waals surface area contributed by atoms with Crippen LogP contribution in [0.2, 0.25) is 0 Å². The van der Waals surface area contributed by atoms with E-state index in [1.807, 2.05) is 19.1 Å². The quantitative estimate of drug-likeness (QED) is 0.687. The van der Waals surface area contributed by atoms with Gasteiger partial charge in [-0.1, -0.05) is 29.8 Å². The van der Waals surface area contributed by atoms with Gasteiger partial charge in [-0.05, 0) is 49.4 Å². The van der Waals surface area contributed by atoms with Crippen molar-refractivity contribution in [1.82, 2.24) is 9.71 Å². The van der Waals surface area contributed by atoms with Gasteiger partial charge < -0.3 is 5.32 Å². The summed E-state index contributed by atoms with van der Waals surface area (Å²) in [4.78, 5) is 16.5. The summed E-state index contributed by atoms with van der Waals surface area (Å²) >= 11 is 0. The number of nitrogens with zero attached hydrogens (tertiary/aromatic N) is 1. The van der Waals surface area contributed by atoms with E-state index in [4.69, 9.17) is 0 Å². The number of anilines is 1. The third-order valence-electron chi connectivity index (χ3n) is 3.89. The van der Waals surface area contributed by atoms with Crippen LogP contribution in [0, 0.1) is 6.92 Å². The van der Waals surface area contributed by atoms with Crippen molar-refractivity contribution in [3.63, 3.8) is 0 Å². The number of benzene rings is 2. The second kappa shape index (κ2) is 8.11. The first kappa shape index (κ1) is 18.8. The van der Waals surface area contributed by atoms with Crippen LogP contribution in [-0.4, -0.2) is 19.3 Å². The zero-order valence-corrected chi connectivity index (χ0v) is 15.5. The van der Waals surface area contributed by atoms with E-state index in [0.717, 1.165) is 5.56 Å². The maximum Gasteiger partial charge on any atom is 0.255 e. The Kier molecular flexibility index (Phi) is 5.63. The summed E-state index contributed by atoms with van der Waals surface area (Å²) in [6, 6.07) is 18.5. The van der Waals surface area contributed by atoms with Crippen LogP contribution in [0.25, 0.3) is 0 Å². The predicted octanol–water partition coefficient (Wildman–Crippen LogP) is 3.12. The van der Waals surface area contributed by atoms with Gasteiger partial charge in [-0.2, -0.15) is 0 Å². The molecule has 0 unspecified atom stereocenters. The number of rotatable bonds is 6. The summed E-state index contributed by atoms with van der Waals surface area (Å²) in [5.41, 5.74) is 2.60.